The number of benzene rings is 1. The van der Waals surface area contributed by atoms with Gasteiger partial charge in [-0.15, -0.1) is 0 Å². The molecule has 0 aliphatic carbocycles. The van der Waals surface area contributed by atoms with E-state index in [0.29, 0.717) is 0 Å². The van der Waals surface area contributed by atoms with Crippen molar-refractivity contribution in [1.82, 2.24) is 4.98 Å². The van der Waals surface area contributed by atoms with Gasteiger partial charge in [-0.05, 0) is 42.2 Å². The van der Waals surface area contributed by atoms with Gasteiger partial charge in [0.15, 0.2) is 14.9 Å². The first-order valence-corrected chi connectivity index (χ1v) is 9.57. The highest BCUT2D eigenvalue weighted by molar-refractivity contribution is 7.91. The number of rotatable bonds is 8. The number of aromatic nitrogens is 1. The molecule has 1 atom stereocenters. The van der Waals surface area contributed by atoms with E-state index in [9.17, 15) is 12.8 Å². The zero-order valence-corrected chi connectivity index (χ0v) is 14.1. The molecule has 2 rings (SSSR count). The Morgan fingerprint density at radius 2 is 1.83 bits per heavy atom. The molecule has 2 aromatic rings. The molecule has 0 amide bonds. The van der Waals surface area contributed by atoms with Crippen LogP contribution in [0.25, 0.3) is 0 Å². The fraction of sp³-hybridized carbons (Fsp3) is 0.389. The maximum absolute atomic E-state index is 13.1. The summed E-state index contributed by atoms with van der Waals surface area (Å²) in [6.45, 7) is 2.11. The van der Waals surface area contributed by atoms with E-state index >= 15 is 0 Å². The van der Waals surface area contributed by atoms with Gasteiger partial charge in [0, 0.05) is 6.20 Å². The number of nitrogens with zero attached hydrogens (tertiary/aromatic N) is 1. The standard InChI is InChI=1S/C18H22FNO2S/c1-2-3-4-7-16(15-9-11-17(19)12-10-15)14-23(21,22)18-8-5-6-13-20-18/h5-6,8-13,16H,2-4,7,14H2,1H3/t16-/m1/s1. The molecule has 0 saturated carbocycles. The number of hydrogen-bond donors (Lipinski definition) is 0. The third-order valence-electron chi connectivity index (χ3n) is 3.87. The molecule has 1 heterocycles. The second-order valence-electron chi connectivity index (χ2n) is 5.69. The summed E-state index contributed by atoms with van der Waals surface area (Å²) in [4.78, 5) is 3.96. The van der Waals surface area contributed by atoms with Gasteiger partial charge in [0.2, 0.25) is 0 Å². The fourth-order valence-corrected chi connectivity index (χ4v) is 4.17. The summed E-state index contributed by atoms with van der Waals surface area (Å²) in [6.07, 6.45) is 5.34. The second kappa shape index (κ2) is 8.20. The average molecular weight is 335 g/mol. The molecule has 0 spiro atoms. The van der Waals surface area contributed by atoms with Gasteiger partial charge in [0.1, 0.15) is 5.82 Å². The quantitative estimate of drug-likeness (QED) is 0.674. The third-order valence-corrected chi connectivity index (χ3v) is 5.59. The van der Waals surface area contributed by atoms with Crippen molar-refractivity contribution in [2.45, 2.75) is 43.6 Å². The van der Waals surface area contributed by atoms with Crippen molar-refractivity contribution in [2.75, 3.05) is 5.75 Å². The lowest BCUT2D eigenvalue weighted by Crippen LogP contribution is -2.16. The Labute approximate surface area is 137 Å². The highest BCUT2D eigenvalue weighted by Crippen LogP contribution is 2.26. The molecule has 0 unspecified atom stereocenters. The lowest BCUT2D eigenvalue weighted by Gasteiger charge is -2.17. The minimum Gasteiger partial charge on any atom is -0.245 e. The number of sulfone groups is 1. The van der Waals surface area contributed by atoms with Crippen molar-refractivity contribution < 1.29 is 12.8 Å². The van der Waals surface area contributed by atoms with Crippen LogP contribution in [0.15, 0.2) is 53.7 Å². The molecule has 0 saturated heterocycles. The third kappa shape index (κ3) is 5.13. The van der Waals surface area contributed by atoms with Gasteiger partial charge in [-0.1, -0.05) is 44.4 Å². The van der Waals surface area contributed by atoms with Gasteiger partial charge in [-0.3, -0.25) is 0 Å². The van der Waals surface area contributed by atoms with E-state index in [1.807, 2.05) is 0 Å². The van der Waals surface area contributed by atoms with Crippen LogP contribution >= 0.6 is 0 Å². The Morgan fingerprint density at radius 3 is 2.43 bits per heavy atom. The molecule has 0 fully saturated rings. The van der Waals surface area contributed by atoms with Crippen LogP contribution in [-0.4, -0.2) is 19.2 Å². The van der Waals surface area contributed by atoms with E-state index in [-0.39, 0.29) is 22.5 Å². The Kier molecular flexibility index (Phi) is 6.28. The molecular weight excluding hydrogens is 313 g/mol. The van der Waals surface area contributed by atoms with Crippen molar-refractivity contribution in [2.24, 2.45) is 0 Å². The molecule has 1 aromatic heterocycles. The average Bonchev–Trinajstić information content (AvgIpc) is 2.56. The first-order valence-electron chi connectivity index (χ1n) is 7.92. The lowest BCUT2D eigenvalue weighted by atomic mass is 9.95. The predicted octanol–water partition coefficient (Wildman–Crippen LogP) is 4.36. The SMILES string of the molecule is CCCCC[C@H](CS(=O)(=O)c1ccccn1)c1ccc(F)cc1. The summed E-state index contributed by atoms with van der Waals surface area (Å²) < 4.78 is 38.3. The van der Waals surface area contributed by atoms with E-state index in [2.05, 4.69) is 11.9 Å². The minimum absolute atomic E-state index is 0.000635. The highest BCUT2D eigenvalue weighted by atomic mass is 32.2. The predicted molar refractivity (Wildman–Crippen MR) is 89.6 cm³/mol. The van der Waals surface area contributed by atoms with Crippen LogP contribution in [0.4, 0.5) is 4.39 Å². The Bertz CT molecular complexity index is 700. The van der Waals surface area contributed by atoms with Crippen molar-refractivity contribution >= 4 is 9.84 Å². The largest absolute Gasteiger partial charge is 0.245 e. The van der Waals surface area contributed by atoms with Gasteiger partial charge < -0.3 is 0 Å². The Hall–Kier alpha value is -1.75. The zero-order chi connectivity index (χ0) is 16.7. The number of pyridine rings is 1. The molecule has 0 bridgehead atoms. The summed E-state index contributed by atoms with van der Waals surface area (Å²) in [6, 6.07) is 11.0. The van der Waals surface area contributed by atoms with E-state index in [0.717, 1.165) is 31.2 Å². The number of hydrogen-bond acceptors (Lipinski definition) is 3. The molecule has 3 nitrogen and oxygen atoms in total. The normalized spacial score (nSPS) is 13.0. The molecule has 124 valence electrons. The minimum atomic E-state index is -3.46. The topological polar surface area (TPSA) is 47.0 Å². The molecule has 0 radical (unpaired) electrons. The fourth-order valence-electron chi connectivity index (χ4n) is 2.60. The van der Waals surface area contributed by atoms with Gasteiger partial charge >= 0.3 is 0 Å². The first-order chi connectivity index (χ1) is 11.0. The van der Waals surface area contributed by atoms with Gasteiger partial charge in [0.05, 0.1) is 5.75 Å². The molecule has 5 heteroatoms. The van der Waals surface area contributed by atoms with Crippen LogP contribution in [0.1, 0.15) is 44.1 Å². The van der Waals surface area contributed by atoms with E-state index in [4.69, 9.17) is 0 Å². The Balaban J connectivity index is 2.21. The van der Waals surface area contributed by atoms with Crippen LogP contribution < -0.4 is 0 Å². The smallest absolute Gasteiger partial charge is 0.196 e. The van der Waals surface area contributed by atoms with Crippen LogP contribution in [0.2, 0.25) is 0 Å². The summed E-state index contributed by atoms with van der Waals surface area (Å²) >= 11 is 0. The van der Waals surface area contributed by atoms with E-state index in [1.54, 1.807) is 24.3 Å². The monoisotopic (exact) mass is 335 g/mol. The highest BCUT2D eigenvalue weighted by Gasteiger charge is 2.23. The summed E-state index contributed by atoms with van der Waals surface area (Å²) in [5.41, 5.74) is 0.863. The maximum atomic E-state index is 13.1. The number of halogens is 1. The molecule has 0 aliphatic heterocycles. The summed E-state index contributed by atoms with van der Waals surface area (Å²) in [5, 5.41) is 0.0996. The number of unbranched alkanes of at least 4 members (excludes halogenated alkanes) is 2. The molecule has 1 aromatic carbocycles. The molecule has 0 N–H and O–H groups in total. The first kappa shape index (κ1) is 17.6. The van der Waals surface area contributed by atoms with Gasteiger partial charge in [0.25, 0.3) is 0 Å². The van der Waals surface area contributed by atoms with Crippen LogP contribution in [0, 0.1) is 5.82 Å². The van der Waals surface area contributed by atoms with Gasteiger partial charge in [-0.2, -0.15) is 0 Å². The maximum Gasteiger partial charge on any atom is 0.196 e. The zero-order valence-electron chi connectivity index (χ0n) is 13.3. The van der Waals surface area contributed by atoms with Crippen molar-refractivity contribution in [3.05, 3.63) is 60.0 Å². The van der Waals surface area contributed by atoms with E-state index < -0.39 is 9.84 Å². The van der Waals surface area contributed by atoms with E-state index in [1.165, 1.54) is 24.4 Å². The summed E-state index contributed by atoms with van der Waals surface area (Å²) in [5.74, 6) is -0.456. The Morgan fingerprint density at radius 1 is 1.09 bits per heavy atom. The van der Waals surface area contributed by atoms with Crippen LogP contribution in [-0.2, 0) is 9.84 Å². The second-order valence-corrected chi connectivity index (χ2v) is 7.67. The molecule has 0 aliphatic rings. The molecular formula is C18H22FNO2S. The molecule has 23 heavy (non-hydrogen) atoms. The van der Waals surface area contributed by atoms with Crippen LogP contribution in [0.3, 0.4) is 0 Å². The van der Waals surface area contributed by atoms with Crippen molar-refractivity contribution in [3.63, 3.8) is 0 Å². The summed E-state index contributed by atoms with van der Waals surface area (Å²) in [7, 11) is -3.46. The van der Waals surface area contributed by atoms with Gasteiger partial charge in [-0.25, -0.2) is 17.8 Å². The van der Waals surface area contributed by atoms with Crippen molar-refractivity contribution in [3.8, 4) is 0 Å². The van der Waals surface area contributed by atoms with Crippen molar-refractivity contribution in [1.29, 1.82) is 0 Å². The van der Waals surface area contributed by atoms with Crippen LogP contribution in [0.5, 0.6) is 0 Å². The lowest BCUT2D eigenvalue weighted by molar-refractivity contribution is 0.561.